The molecule has 130 valence electrons. The molecule has 2 heterocycles. The lowest BCUT2D eigenvalue weighted by atomic mass is 9.86. The summed E-state index contributed by atoms with van der Waals surface area (Å²) in [6.07, 6.45) is -4.56. The van der Waals surface area contributed by atoms with E-state index in [9.17, 15) is 15.3 Å². The molecule has 2 saturated heterocycles. The summed E-state index contributed by atoms with van der Waals surface area (Å²) in [7, 11) is 0. The number of hydrogen-bond acceptors (Lipinski definition) is 7. The van der Waals surface area contributed by atoms with Crippen LogP contribution in [0.5, 0.6) is 0 Å². The van der Waals surface area contributed by atoms with Crippen molar-refractivity contribution >= 4 is 0 Å². The normalized spacial score (nSPS) is 53.5. The van der Waals surface area contributed by atoms with Crippen molar-refractivity contribution in [3.05, 3.63) is 0 Å². The van der Waals surface area contributed by atoms with Gasteiger partial charge in [-0.15, -0.1) is 0 Å². The Balaban J connectivity index is 2.04. The third kappa shape index (κ3) is 3.46. The van der Waals surface area contributed by atoms with Gasteiger partial charge in [-0.3, -0.25) is 0 Å². The molecule has 0 radical (unpaired) electrons. The molecular weight excluding hydrogens is 290 g/mol. The smallest absolute Gasteiger partial charge is 0.160 e. The van der Waals surface area contributed by atoms with Crippen LogP contribution in [0.1, 0.15) is 40.5 Å². The van der Waals surface area contributed by atoms with Crippen LogP contribution in [0.15, 0.2) is 0 Å². The van der Waals surface area contributed by atoms with Crippen molar-refractivity contribution in [3.8, 4) is 0 Å². The van der Waals surface area contributed by atoms with Gasteiger partial charge in [0.2, 0.25) is 0 Å². The lowest BCUT2D eigenvalue weighted by molar-refractivity contribution is -0.303. The first-order valence-electron chi connectivity index (χ1n) is 7.96. The first-order chi connectivity index (χ1) is 10.2. The van der Waals surface area contributed by atoms with Crippen LogP contribution >= 0.6 is 0 Å². The Morgan fingerprint density at radius 2 is 1.77 bits per heavy atom. The second-order valence-corrected chi connectivity index (χ2v) is 6.80. The second-order valence-electron chi connectivity index (χ2n) is 6.80. The highest BCUT2D eigenvalue weighted by molar-refractivity contribution is 4.96. The second kappa shape index (κ2) is 6.68. The summed E-state index contributed by atoms with van der Waals surface area (Å²) < 4.78 is 17.1. The topological polar surface area (TPSA) is 114 Å². The van der Waals surface area contributed by atoms with Crippen molar-refractivity contribution in [2.24, 2.45) is 5.73 Å². The molecule has 2 fully saturated rings. The van der Waals surface area contributed by atoms with Crippen molar-refractivity contribution in [2.75, 3.05) is 0 Å². The molecule has 2 aliphatic heterocycles. The summed E-state index contributed by atoms with van der Waals surface area (Å²) >= 11 is 0. The summed E-state index contributed by atoms with van der Waals surface area (Å²) in [5, 5.41) is 30.4. The molecule has 5 N–H and O–H groups in total. The first kappa shape index (κ1) is 18.1. The molecule has 2 aliphatic rings. The first-order valence-corrected chi connectivity index (χ1v) is 7.96. The molecule has 9 atom stereocenters. The van der Waals surface area contributed by atoms with Crippen molar-refractivity contribution < 1.29 is 29.5 Å². The maximum Gasteiger partial charge on any atom is 0.160 e. The summed E-state index contributed by atoms with van der Waals surface area (Å²) in [6, 6.07) is 0. The highest BCUT2D eigenvalue weighted by atomic mass is 16.7. The van der Waals surface area contributed by atoms with Crippen molar-refractivity contribution in [1.82, 2.24) is 0 Å². The molecule has 0 amide bonds. The van der Waals surface area contributed by atoms with Crippen LogP contribution in [0.2, 0.25) is 0 Å². The Hall–Kier alpha value is -0.280. The molecular formula is C15H29NO6. The highest BCUT2D eigenvalue weighted by Gasteiger charge is 2.47. The van der Waals surface area contributed by atoms with E-state index >= 15 is 0 Å². The van der Waals surface area contributed by atoms with Gasteiger partial charge < -0.3 is 35.3 Å². The van der Waals surface area contributed by atoms with Gasteiger partial charge in [0.25, 0.3) is 0 Å². The van der Waals surface area contributed by atoms with E-state index in [1.54, 1.807) is 20.8 Å². The van der Waals surface area contributed by atoms with E-state index in [0.717, 1.165) is 0 Å². The minimum Gasteiger partial charge on any atom is -0.389 e. The number of aliphatic hydroxyl groups is 3. The molecule has 7 heteroatoms. The summed E-state index contributed by atoms with van der Waals surface area (Å²) in [5.41, 5.74) is 5.26. The number of rotatable bonds is 3. The summed E-state index contributed by atoms with van der Waals surface area (Å²) in [6.45, 7) is 7.16. The third-order valence-electron chi connectivity index (χ3n) is 4.72. The summed E-state index contributed by atoms with van der Waals surface area (Å²) in [4.78, 5) is 0. The number of aliphatic hydroxyl groups excluding tert-OH is 3. The molecule has 5 unspecified atom stereocenters. The van der Waals surface area contributed by atoms with Gasteiger partial charge in [0.05, 0.1) is 24.4 Å². The minimum atomic E-state index is -1.05. The fraction of sp³-hybridized carbons (Fsp3) is 1.00. The van der Waals surface area contributed by atoms with Gasteiger partial charge in [-0.25, -0.2) is 0 Å². The SMILES string of the molecule is CCC1OC(C)[C@H](O[C@@H]2CC(C)(N)[C@H](O)C(C)O2)[C@@H](O)C1O. The standard InChI is InChI=1S/C15H29NO6/c1-5-9-11(17)12(18)13(7(2)20-9)22-10-6-15(4,16)14(19)8(3)21-10/h7-14,17-19H,5-6,16H2,1-4H3/t7?,8?,9?,10-,11?,12+,13+,14-,15?/m1/s1. The van der Waals surface area contributed by atoms with Gasteiger partial charge in [-0.05, 0) is 27.2 Å². The lowest BCUT2D eigenvalue weighted by Crippen LogP contribution is -2.63. The maximum atomic E-state index is 10.3. The maximum absolute atomic E-state index is 10.3. The average Bonchev–Trinajstić information content (AvgIpc) is 2.44. The van der Waals surface area contributed by atoms with Crippen LogP contribution in [0.3, 0.4) is 0 Å². The van der Waals surface area contributed by atoms with E-state index in [2.05, 4.69) is 0 Å². The number of ether oxygens (including phenoxy) is 3. The largest absolute Gasteiger partial charge is 0.389 e. The fourth-order valence-corrected chi connectivity index (χ4v) is 3.29. The predicted octanol–water partition coefficient (Wildman–Crippen LogP) is -0.496. The quantitative estimate of drug-likeness (QED) is 0.554. The Labute approximate surface area is 131 Å². The summed E-state index contributed by atoms with van der Waals surface area (Å²) in [5.74, 6) is 0. The lowest BCUT2D eigenvalue weighted by Gasteiger charge is -2.46. The molecule has 0 aromatic rings. The molecule has 0 aliphatic carbocycles. The van der Waals surface area contributed by atoms with Gasteiger partial charge in [0.15, 0.2) is 6.29 Å². The van der Waals surface area contributed by atoms with E-state index in [1.807, 2.05) is 6.92 Å². The van der Waals surface area contributed by atoms with Crippen LogP contribution in [0, 0.1) is 0 Å². The third-order valence-corrected chi connectivity index (χ3v) is 4.72. The van der Waals surface area contributed by atoms with E-state index in [1.165, 1.54) is 0 Å². The van der Waals surface area contributed by atoms with Crippen molar-refractivity contribution in [2.45, 2.75) is 95.1 Å². The molecule has 0 aromatic heterocycles. The van der Waals surface area contributed by atoms with E-state index < -0.39 is 48.5 Å². The van der Waals surface area contributed by atoms with Gasteiger partial charge >= 0.3 is 0 Å². The zero-order valence-corrected chi connectivity index (χ0v) is 13.7. The molecule has 0 aromatic carbocycles. The molecule has 7 nitrogen and oxygen atoms in total. The van der Waals surface area contributed by atoms with E-state index in [0.29, 0.717) is 12.8 Å². The monoisotopic (exact) mass is 319 g/mol. The Kier molecular flexibility index (Phi) is 5.49. The van der Waals surface area contributed by atoms with Crippen LogP contribution in [-0.2, 0) is 14.2 Å². The van der Waals surface area contributed by atoms with Gasteiger partial charge in [-0.2, -0.15) is 0 Å². The van der Waals surface area contributed by atoms with Gasteiger partial charge in [0.1, 0.15) is 18.3 Å². The van der Waals surface area contributed by atoms with Crippen LogP contribution in [-0.4, -0.2) is 69.9 Å². The molecule has 22 heavy (non-hydrogen) atoms. The van der Waals surface area contributed by atoms with Gasteiger partial charge in [0, 0.05) is 12.0 Å². The zero-order chi connectivity index (χ0) is 16.7. The predicted molar refractivity (Wildman–Crippen MR) is 79.1 cm³/mol. The number of hydrogen-bond donors (Lipinski definition) is 4. The van der Waals surface area contributed by atoms with Crippen molar-refractivity contribution in [1.29, 1.82) is 0 Å². The van der Waals surface area contributed by atoms with Crippen molar-refractivity contribution in [3.63, 3.8) is 0 Å². The Morgan fingerprint density at radius 3 is 2.32 bits per heavy atom. The van der Waals surface area contributed by atoms with Crippen LogP contribution < -0.4 is 5.73 Å². The van der Waals surface area contributed by atoms with Gasteiger partial charge in [-0.1, -0.05) is 6.92 Å². The average molecular weight is 319 g/mol. The molecule has 0 bridgehead atoms. The minimum absolute atomic E-state index is 0.293. The Bertz CT molecular complexity index is 379. The van der Waals surface area contributed by atoms with Crippen LogP contribution in [0.25, 0.3) is 0 Å². The highest BCUT2D eigenvalue weighted by Crippen LogP contribution is 2.32. The number of nitrogens with two attached hydrogens (primary N) is 1. The molecule has 0 saturated carbocycles. The zero-order valence-electron chi connectivity index (χ0n) is 13.7. The van der Waals surface area contributed by atoms with E-state index in [4.69, 9.17) is 19.9 Å². The molecule has 0 spiro atoms. The fourth-order valence-electron chi connectivity index (χ4n) is 3.29. The Morgan fingerprint density at radius 1 is 1.14 bits per heavy atom. The van der Waals surface area contributed by atoms with Crippen LogP contribution in [0.4, 0.5) is 0 Å². The molecule has 2 rings (SSSR count). The van der Waals surface area contributed by atoms with E-state index in [-0.39, 0.29) is 6.10 Å².